The predicted octanol–water partition coefficient (Wildman–Crippen LogP) is 3.29. The molecule has 1 aromatic heterocycles. The number of halogens is 2. The number of pyridine rings is 1. The van der Waals surface area contributed by atoms with E-state index < -0.39 is 6.61 Å². The van der Waals surface area contributed by atoms with Crippen LogP contribution >= 0.6 is 0 Å². The van der Waals surface area contributed by atoms with Crippen molar-refractivity contribution in [3.05, 3.63) is 53.3 Å². The molecule has 0 spiro atoms. The molecule has 0 aliphatic carbocycles. The summed E-state index contributed by atoms with van der Waals surface area (Å²) in [5.74, 6) is 0.345. The molecule has 2 rings (SSSR count). The van der Waals surface area contributed by atoms with E-state index in [4.69, 9.17) is 4.74 Å². The van der Waals surface area contributed by atoms with Gasteiger partial charge in [-0.2, -0.15) is 8.78 Å². The zero-order valence-electron chi connectivity index (χ0n) is 12.5. The fraction of sp³-hybridized carbons (Fsp3) is 0.312. The molecule has 2 aromatic rings. The Balaban J connectivity index is 2.05. The van der Waals surface area contributed by atoms with Crippen molar-refractivity contribution >= 4 is 0 Å². The van der Waals surface area contributed by atoms with E-state index in [1.165, 1.54) is 7.11 Å². The molecular weight excluding hydrogens is 290 g/mol. The second kappa shape index (κ2) is 7.70. The van der Waals surface area contributed by atoms with E-state index in [0.29, 0.717) is 18.7 Å². The Labute approximate surface area is 128 Å². The summed E-state index contributed by atoms with van der Waals surface area (Å²) in [4.78, 5) is 4.37. The van der Waals surface area contributed by atoms with Gasteiger partial charge in [0.2, 0.25) is 0 Å². The molecule has 118 valence electrons. The maximum absolute atomic E-state index is 12.5. The quantitative estimate of drug-likeness (QED) is 0.852. The highest BCUT2D eigenvalue weighted by Gasteiger charge is 2.14. The summed E-state index contributed by atoms with van der Waals surface area (Å²) in [7, 11) is 1.42. The summed E-state index contributed by atoms with van der Waals surface area (Å²) < 4.78 is 34.7. The molecule has 1 aromatic carbocycles. The van der Waals surface area contributed by atoms with Crippen LogP contribution in [0.5, 0.6) is 11.5 Å². The number of methoxy groups -OCH3 is 1. The van der Waals surface area contributed by atoms with Gasteiger partial charge in [0.25, 0.3) is 0 Å². The van der Waals surface area contributed by atoms with Crippen LogP contribution < -0.4 is 14.8 Å². The smallest absolute Gasteiger partial charge is 0.387 e. The Bertz CT molecular complexity index is 621. The third-order valence-corrected chi connectivity index (χ3v) is 3.05. The van der Waals surface area contributed by atoms with Crippen LogP contribution in [0.15, 0.2) is 36.4 Å². The molecule has 0 radical (unpaired) electrons. The van der Waals surface area contributed by atoms with Crippen LogP contribution in [0.4, 0.5) is 8.78 Å². The fourth-order valence-corrected chi connectivity index (χ4v) is 2.11. The number of aromatic nitrogens is 1. The van der Waals surface area contributed by atoms with Crippen molar-refractivity contribution in [1.82, 2.24) is 10.3 Å². The molecule has 6 heteroatoms. The molecule has 0 fully saturated rings. The van der Waals surface area contributed by atoms with Gasteiger partial charge in [0.15, 0.2) is 11.5 Å². The van der Waals surface area contributed by atoms with Crippen LogP contribution in [0.3, 0.4) is 0 Å². The van der Waals surface area contributed by atoms with Crippen LogP contribution in [-0.4, -0.2) is 18.7 Å². The van der Waals surface area contributed by atoms with Gasteiger partial charge in [-0.3, -0.25) is 4.98 Å². The zero-order chi connectivity index (χ0) is 15.9. The summed E-state index contributed by atoms with van der Waals surface area (Å²) in [6.45, 7) is -0.0735. The van der Waals surface area contributed by atoms with Gasteiger partial charge >= 0.3 is 6.61 Å². The summed E-state index contributed by atoms with van der Waals surface area (Å²) in [5.41, 5.74) is 2.42. The minimum atomic E-state index is -2.89. The van der Waals surface area contributed by atoms with Gasteiger partial charge < -0.3 is 14.8 Å². The second-order valence-corrected chi connectivity index (χ2v) is 4.70. The molecule has 1 N–H and O–H groups in total. The van der Waals surface area contributed by atoms with E-state index in [2.05, 4.69) is 15.0 Å². The molecule has 22 heavy (non-hydrogen) atoms. The molecule has 0 unspecified atom stereocenters. The van der Waals surface area contributed by atoms with Gasteiger partial charge in [-0.25, -0.2) is 0 Å². The minimum Gasteiger partial charge on any atom is -0.493 e. The lowest BCUT2D eigenvalue weighted by Gasteiger charge is -2.14. The van der Waals surface area contributed by atoms with Crippen LogP contribution in [0.25, 0.3) is 0 Å². The molecule has 1 heterocycles. The number of para-hydroxylation sites is 1. The van der Waals surface area contributed by atoms with Gasteiger partial charge in [-0.1, -0.05) is 18.2 Å². The number of nitrogens with zero attached hydrogens (tertiary/aromatic N) is 1. The van der Waals surface area contributed by atoms with Crippen LogP contribution in [0.1, 0.15) is 17.0 Å². The fourth-order valence-electron chi connectivity index (χ4n) is 2.11. The van der Waals surface area contributed by atoms with Gasteiger partial charge in [0.1, 0.15) is 0 Å². The van der Waals surface area contributed by atoms with Gasteiger partial charge in [0.05, 0.1) is 12.8 Å². The summed E-state index contributed by atoms with van der Waals surface area (Å²) in [6, 6.07) is 10.8. The van der Waals surface area contributed by atoms with Crippen molar-refractivity contribution in [3.8, 4) is 11.5 Å². The Morgan fingerprint density at radius 3 is 2.59 bits per heavy atom. The molecular formula is C16H18F2N2O2. The van der Waals surface area contributed by atoms with E-state index in [9.17, 15) is 8.78 Å². The van der Waals surface area contributed by atoms with E-state index >= 15 is 0 Å². The molecule has 0 saturated carbocycles. The van der Waals surface area contributed by atoms with Crippen molar-refractivity contribution in [1.29, 1.82) is 0 Å². The van der Waals surface area contributed by atoms with Crippen LogP contribution in [0.2, 0.25) is 0 Å². The number of hydrogen-bond acceptors (Lipinski definition) is 4. The highest BCUT2D eigenvalue weighted by molar-refractivity contribution is 5.46. The molecule has 0 aliphatic rings. The van der Waals surface area contributed by atoms with Gasteiger partial charge in [-0.15, -0.1) is 0 Å². The van der Waals surface area contributed by atoms with Crippen molar-refractivity contribution in [2.45, 2.75) is 26.6 Å². The van der Waals surface area contributed by atoms with E-state index in [1.807, 2.05) is 25.1 Å². The van der Waals surface area contributed by atoms with E-state index in [0.717, 1.165) is 11.4 Å². The number of benzene rings is 1. The highest BCUT2D eigenvalue weighted by Crippen LogP contribution is 2.32. The number of hydrogen-bond donors (Lipinski definition) is 1. The average molecular weight is 308 g/mol. The zero-order valence-corrected chi connectivity index (χ0v) is 12.5. The van der Waals surface area contributed by atoms with Crippen molar-refractivity contribution < 1.29 is 18.3 Å². The number of rotatable bonds is 7. The molecule has 4 nitrogen and oxygen atoms in total. The lowest BCUT2D eigenvalue weighted by atomic mass is 10.2. The predicted molar refractivity (Wildman–Crippen MR) is 79.1 cm³/mol. The van der Waals surface area contributed by atoms with Crippen LogP contribution in [0, 0.1) is 6.92 Å². The third kappa shape index (κ3) is 4.39. The Morgan fingerprint density at radius 1 is 1.14 bits per heavy atom. The van der Waals surface area contributed by atoms with Crippen LogP contribution in [-0.2, 0) is 13.1 Å². The molecule has 0 amide bonds. The number of ether oxygens (including phenoxy) is 2. The van der Waals surface area contributed by atoms with Crippen molar-refractivity contribution in [2.75, 3.05) is 7.11 Å². The summed E-state index contributed by atoms with van der Waals surface area (Å²) >= 11 is 0. The first-order chi connectivity index (χ1) is 10.6. The molecule has 0 atom stereocenters. The lowest BCUT2D eigenvalue weighted by molar-refractivity contribution is -0.0518. The number of nitrogens with one attached hydrogen (secondary N) is 1. The molecule has 0 aliphatic heterocycles. The first kappa shape index (κ1) is 16.2. The maximum Gasteiger partial charge on any atom is 0.387 e. The average Bonchev–Trinajstić information content (AvgIpc) is 2.48. The topological polar surface area (TPSA) is 43.4 Å². The Kier molecular flexibility index (Phi) is 5.66. The first-order valence-electron chi connectivity index (χ1n) is 6.84. The third-order valence-electron chi connectivity index (χ3n) is 3.05. The molecule has 0 saturated heterocycles. The maximum atomic E-state index is 12.5. The first-order valence-corrected chi connectivity index (χ1v) is 6.84. The second-order valence-electron chi connectivity index (χ2n) is 4.70. The largest absolute Gasteiger partial charge is 0.493 e. The minimum absolute atomic E-state index is 0.0599. The standard InChI is InChI=1S/C16H18F2N2O2/c1-11-5-3-7-13(20-11)10-19-9-12-6-4-8-14(21-2)15(12)22-16(17)18/h3-8,16,19H,9-10H2,1-2H3. The summed E-state index contributed by atoms with van der Waals surface area (Å²) in [6.07, 6.45) is 0. The Hall–Kier alpha value is -2.21. The monoisotopic (exact) mass is 308 g/mol. The van der Waals surface area contributed by atoms with Crippen molar-refractivity contribution in [3.63, 3.8) is 0 Å². The SMILES string of the molecule is COc1cccc(CNCc2cccc(C)n2)c1OC(F)F. The number of aryl methyl sites for hydroxylation is 1. The lowest BCUT2D eigenvalue weighted by Crippen LogP contribution is -2.16. The molecule has 0 bridgehead atoms. The Morgan fingerprint density at radius 2 is 1.91 bits per heavy atom. The van der Waals surface area contributed by atoms with Crippen molar-refractivity contribution in [2.24, 2.45) is 0 Å². The van der Waals surface area contributed by atoms with E-state index in [1.54, 1.807) is 18.2 Å². The van der Waals surface area contributed by atoms with E-state index in [-0.39, 0.29) is 11.5 Å². The summed E-state index contributed by atoms with van der Waals surface area (Å²) in [5, 5.41) is 3.17. The normalized spacial score (nSPS) is 10.8. The number of alkyl halides is 2. The van der Waals surface area contributed by atoms with Gasteiger partial charge in [-0.05, 0) is 25.1 Å². The highest BCUT2D eigenvalue weighted by atomic mass is 19.3. The van der Waals surface area contributed by atoms with Gasteiger partial charge in [0, 0.05) is 24.3 Å².